The number of carbonyl (C=O) groups excluding carboxylic acids is 3. The van der Waals surface area contributed by atoms with Gasteiger partial charge in [-0.2, -0.15) is 0 Å². The Kier molecular flexibility index (Phi) is 6.94. The topological polar surface area (TPSA) is 107 Å². The molecule has 1 N–H and O–H groups in total. The van der Waals surface area contributed by atoms with E-state index in [2.05, 4.69) is 5.32 Å². The molecule has 1 aliphatic heterocycles. The van der Waals surface area contributed by atoms with E-state index in [1.807, 2.05) is 0 Å². The highest BCUT2D eigenvalue weighted by molar-refractivity contribution is 6.30. The average molecular weight is 520 g/mol. The highest BCUT2D eigenvalue weighted by Gasteiger charge is 2.52. The molecule has 36 heavy (non-hydrogen) atoms. The van der Waals surface area contributed by atoms with Crippen LogP contribution in [-0.2, 0) is 21.6 Å². The minimum Gasteiger partial charge on any atom is -0.420 e. The van der Waals surface area contributed by atoms with E-state index >= 15 is 0 Å². The third kappa shape index (κ3) is 4.39. The smallest absolute Gasteiger partial charge is 0.313 e. The van der Waals surface area contributed by atoms with Crippen LogP contribution in [0.2, 0.25) is 5.02 Å². The summed E-state index contributed by atoms with van der Waals surface area (Å²) in [5, 5.41) is 2.43. The average Bonchev–Trinajstić information content (AvgIpc) is 2.81. The van der Waals surface area contributed by atoms with Gasteiger partial charge in [0.05, 0.1) is 22.6 Å². The maximum Gasteiger partial charge on any atom is 0.313 e. The van der Waals surface area contributed by atoms with Crippen LogP contribution in [0.5, 0.6) is 5.75 Å². The molecule has 0 unspecified atom stereocenters. The van der Waals surface area contributed by atoms with Crippen molar-refractivity contribution < 1.29 is 28.2 Å². The zero-order valence-corrected chi connectivity index (χ0v) is 21.1. The number of fused-ring (bicyclic) bond motifs is 2. The van der Waals surface area contributed by atoms with Gasteiger partial charge in [0.2, 0.25) is 11.2 Å². The second kappa shape index (κ2) is 9.67. The van der Waals surface area contributed by atoms with Crippen LogP contribution in [0.4, 0.5) is 4.39 Å². The number of nitrogens with one attached hydrogen (secondary N) is 1. The molecule has 4 rings (SSSR count). The van der Waals surface area contributed by atoms with Gasteiger partial charge in [-0.1, -0.05) is 37.6 Å². The third-order valence-corrected chi connectivity index (χ3v) is 6.99. The Morgan fingerprint density at radius 3 is 2.61 bits per heavy atom. The first-order valence-corrected chi connectivity index (χ1v) is 11.9. The number of pyridine rings is 1. The molecule has 0 radical (unpaired) electrons. The molecule has 1 fully saturated rings. The van der Waals surface area contributed by atoms with E-state index in [0.717, 1.165) is 0 Å². The second-order valence-corrected chi connectivity index (χ2v) is 9.95. The lowest BCUT2D eigenvalue weighted by Gasteiger charge is -2.53. The van der Waals surface area contributed by atoms with Crippen molar-refractivity contribution >= 4 is 29.4 Å². The highest BCUT2D eigenvalue weighted by Crippen LogP contribution is 2.45. The molecule has 192 valence electrons. The number of nitrogens with zero attached hydrogens (tertiary/aromatic N) is 2. The molecule has 11 heteroatoms. The van der Waals surface area contributed by atoms with Gasteiger partial charge in [-0.05, 0) is 18.9 Å². The second-order valence-electron chi connectivity index (χ2n) is 9.54. The van der Waals surface area contributed by atoms with Crippen LogP contribution in [-0.4, -0.2) is 54.1 Å². The summed E-state index contributed by atoms with van der Waals surface area (Å²) < 4.78 is 26.7. The van der Waals surface area contributed by atoms with Gasteiger partial charge in [0, 0.05) is 39.0 Å². The zero-order chi connectivity index (χ0) is 26.4. The summed E-state index contributed by atoms with van der Waals surface area (Å²) in [5.41, 5.74) is -1.82. The van der Waals surface area contributed by atoms with Gasteiger partial charge in [-0.3, -0.25) is 19.2 Å². The fourth-order valence-corrected chi connectivity index (χ4v) is 4.84. The number of benzene rings is 1. The van der Waals surface area contributed by atoms with Crippen molar-refractivity contribution in [1.82, 2.24) is 14.8 Å². The van der Waals surface area contributed by atoms with Gasteiger partial charge in [-0.15, -0.1) is 0 Å². The molecule has 1 spiro atoms. The molecule has 0 saturated heterocycles. The molecule has 1 aliphatic carbocycles. The molecule has 0 atom stereocenters. The number of methoxy groups -OCH3 is 1. The number of amides is 2. The van der Waals surface area contributed by atoms with Crippen molar-refractivity contribution in [2.45, 2.75) is 44.9 Å². The number of esters is 1. The number of rotatable bonds is 6. The summed E-state index contributed by atoms with van der Waals surface area (Å²) in [5.74, 6) is -3.78. The van der Waals surface area contributed by atoms with Crippen LogP contribution in [0.1, 0.15) is 53.1 Å². The first-order chi connectivity index (χ1) is 17.0. The molecule has 2 heterocycles. The van der Waals surface area contributed by atoms with Crippen LogP contribution >= 0.6 is 11.6 Å². The Morgan fingerprint density at radius 2 is 1.97 bits per heavy atom. The fourth-order valence-electron chi connectivity index (χ4n) is 4.65. The van der Waals surface area contributed by atoms with Gasteiger partial charge in [-0.25, -0.2) is 4.39 Å². The number of hydrogen-bond donors (Lipinski definition) is 1. The summed E-state index contributed by atoms with van der Waals surface area (Å²) in [6.45, 7) is 3.28. The van der Waals surface area contributed by atoms with Crippen LogP contribution in [0.3, 0.4) is 0 Å². The Hall–Kier alpha value is -3.24. The van der Waals surface area contributed by atoms with Crippen LogP contribution in [0, 0.1) is 11.7 Å². The predicted octanol–water partition coefficient (Wildman–Crippen LogP) is 2.72. The van der Waals surface area contributed by atoms with E-state index in [4.69, 9.17) is 21.1 Å². The van der Waals surface area contributed by atoms with E-state index in [0.29, 0.717) is 19.4 Å². The summed E-state index contributed by atoms with van der Waals surface area (Å²) in [4.78, 5) is 53.7. The standard InChI is InChI=1S/C25H27ClFN3O6/c1-13(2)24(34)36-21-19-23(33)29(3)12-25(8-15(9-25)35-4)30(19)11-16(20(21)31)22(32)28-10-14-6-5-7-17(26)18(14)27/h5-7,11,13,15H,8-10,12H2,1-4H3,(H,28,32)/t15-,25+. The molecule has 1 saturated carbocycles. The predicted molar refractivity (Wildman–Crippen MR) is 129 cm³/mol. The number of carbonyl (C=O) groups is 3. The SMILES string of the molecule is CO[C@H]1C[C@]2(CN(C)C(=O)c3c(OC(=O)C(C)C)c(=O)c(C(=O)NCc4cccc(Cl)c4F)cn32)C1. The molecule has 9 nitrogen and oxygen atoms in total. The third-order valence-electron chi connectivity index (χ3n) is 6.70. The van der Waals surface area contributed by atoms with Gasteiger partial charge in [0.25, 0.3) is 11.8 Å². The first kappa shape index (κ1) is 25.8. The van der Waals surface area contributed by atoms with Gasteiger partial charge < -0.3 is 24.3 Å². The van der Waals surface area contributed by atoms with Crippen molar-refractivity contribution in [2.24, 2.45) is 5.92 Å². The van der Waals surface area contributed by atoms with Crippen molar-refractivity contribution in [3.63, 3.8) is 0 Å². The number of likely N-dealkylation sites (N-methyl/N-ethyl adjacent to an activating group) is 1. The molecular weight excluding hydrogens is 493 g/mol. The molecule has 1 aromatic heterocycles. The molecule has 1 aromatic carbocycles. The van der Waals surface area contributed by atoms with Crippen LogP contribution in [0.15, 0.2) is 29.2 Å². The van der Waals surface area contributed by atoms with E-state index in [1.54, 1.807) is 38.6 Å². The normalized spacial score (nSPS) is 20.8. The minimum absolute atomic E-state index is 0.0661. The van der Waals surface area contributed by atoms with Crippen molar-refractivity contribution in [3.8, 4) is 5.75 Å². The van der Waals surface area contributed by atoms with E-state index < -0.39 is 46.2 Å². The van der Waals surface area contributed by atoms with E-state index in [1.165, 1.54) is 23.2 Å². The molecule has 2 aromatic rings. The zero-order valence-electron chi connectivity index (χ0n) is 20.4. The first-order valence-electron chi connectivity index (χ1n) is 11.5. The van der Waals surface area contributed by atoms with Crippen LogP contribution < -0.4 is 15.5 Å². The molecule has 2 aliphatic rings. The largest absolute Gasteiger partial charge is 0.420 e. The van der Waals surface area contributed by atoms with Crippen molar-refractivity contribution in [3.05, 3.63) is 62.3 Å². The summed E-state index contributed by atoms with van der Waals surface area (Å²) in [6.07, 6.45) is 2.32. The lowest BCUT2D eigenvalue weighted by molar-refractivity contribution is -0.138. The maximum absolute atomic E-state index is 14.3. The summed E-state index contributed by atoms with van der Waals surface area (Å²) in [6, 6.07) is 4.38. The van der Waals surface area contributed by atoms with Crippen molar-refractivity contribution in [2.75, 3.05) is 20.7 Å². The summed E-state index contributed by atoms with van der Waals surface area (Å²) >= 11 is 5.81. The Morgan fingerprint density at radius 1 is 1.28 bits per heavy atom. The van der Waals surface area contributed by atoms with Gasteiger partial charge in [0.1, 0.15) is 11.4 Å². The number of halogens is 2. The molecule has 2 amide bonds. The molecular formula is C25H27ClFN3O6. The molecule has 0 bridgehead atoms. The maximum atomic E-state index is 14.3. The minimum atomic E-state index is -0.902. The Bertz CT molecular complexity index is 1300. The lowest BCUT2D eigenvalue weighted by Crippen LogP contribution is -2.61. The fraction of sp³-hybridized carbons (Fsp3) is 0.440. The Labute approximate surface area is 212 Å². The number of hydrogen-bond acceptors (Lipinski definition) is 6. The monoisotopic (exact) mass is 519 g/mol. The Balaban J connectivity index is 1.80. The van der Waals surface area contributed by atoms with Crippen molar-refractivity contribution in [1.29, 1.82) is 0 Å². The van der Waals surface area contributed by atoms with E-state index in [-0.39, 0.29) is 34.5 Å². The highest BCUT2D eigenvalue weighted by atomic mass is 35.5. The quantitative estimate of drug-likeness (QED) is 0.588. The lowest BCUT2D eigenvalue weighted by atomic mass is 9.72. The number of ether oxygens (including phenoxy) is 2. The number of aromatic nitrogens is 1. The van der Waals surface area contributed by atoms with E-state index in [9.17, 15) is 23.6 Å². The van der Waals surface area contributed by atoms with Crippen LogP contribution in [0.25, 0.3) is 0 Å². The van der Waals surface area contributed by atoms with Gasteiger partial charge >= 0.3 is 5.97 Å². The van der Waals surface area contributed by atoms with Gasteiger partial charge in [0.15, 0.2) is 5.69 Å². The summed E-state index contributed by atoms with van der Waals surface area (Å²) in [7, 11) is 3.19.